The summed E-state index contributed by atoms with van der Waals surface area (Å²) < 4.78 is 18.8. The van der Waals surface area contributed by atoms with Crippen molar-refractivity contribution in [3.05, 3.63) is 120 Å². The third kappa shape index (κ3) is 11.1. The molecule has 0 aliphatic heterocycles. The van der Waals surface area contributed by atoms with E-state index < -0.39 is 65.7 Å². The highest BCUT2D eigenvalue weighted by Gasteiger charge is 2.32. The minimum atomic E-state index is -1.49. The molecule has 6 N–H and O–H groups in total. The first-order chi connectivity index (χ1) is 25.7. The Labute approximate surface area is 311 Å². The van der Waals surface area contributed by atoms with Gasteiger partial charge in [-0.25, -0.2) is 9.18 Å². The lowest BCUT2D eigenvalue weighted by atomic mass is 9.99. The Hall–Kier alpha value is -6.24. The van der Waals surface area contributed by atoms with Crippen molar-refractivity contribution in [1.82, 2.24) is 26.3 Å². The van der Waals surface area contributed by atoms with Gasteiger partial charge in [0.1, 0.15) is 29.5 Å². The van der Waals surface area contributed by atoms with Gasteiger partial charge in [0, 0.05) is 36.5 Å². The molecule has 13 heteroatoms. The van der Waals surface area contributed by atoms with Gasteiger partial charge in [-0.2, -0.15) is 0 Å². The molecule has 4 amide bonds. The van der Waals surface area contributed by atoms with E-state index >= 15 is 0 Å². The molecular formula is C41H44FN5O7. The molecule has 1 aromatic heterocycles. The number of carbonyl (C=O) groups is 5. The van der Waals surface area contributed by atoms with E-state index in [1.165, 1.54) is 12.1 Å². The molecular weight excluding hydrogens is 693 g/mol. The number of fused-ring (bicyclic) bond motifs is 2. The maximum absolute atomic E-state index is 14.2. The van der Waals surface area contributed by atoms with E-state index in [1.54, 1.807) is 39.1 Å². The third-order valence-electron chi connectivity index (χ3n) is 8.63. The number of nitrogens with one attached hydrogen (secondary N) is 5. The van der Waals surface area contributed by atoms with Crippen LogP contribution in [0.25, 0.3) is 21.7 Å². The summed E-state index contributed by atoms with van der Waals surface area (Å²) in [7, 11) is 0. The molecule has 54 heavy (non-hydrogen) atoms. The van der Waals surface area contributed by atoms with Crippen LogP contribution in [-0.4, -0.2) is 70.1 Å². The van der Waals surface area contributed by atoms with Crippen molar-refractivity contribution >= 4 is 51.5 Å². The molecule has 5 rings (SSSR count). The minimum absolute atomic E-state index is 0.0272. The van der Waals surface area contributed by atoms with E-state index in [0.717, 1.165) is 32.8 Å². The van der Waals surface area contributed by atoms with Crippen molar-refractivity contribution in [1.29, 1.82) is 0 Å². The summed E-state index contributed by atoms with van der Waals surface area (Å²) in [4.78, 5) is 69.4. The number of carboxylic acid groups (broad SMARTS) is 1. The predicted octanol–water partition coefficient (Wildman–Crippen LogP) is 4.94. The van der Waals surface area contributed by atoms with E-state index in [0.29, 0.717) is 12.0 Å². The molecule has 5 aromatic rings. The molecule has 0 saturated carbocycles. The smallest absolute Gasteiger partial charge is 0.408 e. The number of hydrogen-bond donors (Lipinski definition) is 6. The Morgan fingerprint density at radius 3 is 2.07 bits per heavy atom. The number of hydrogen-bond acceptors (Lipinski definition) is 6. The normalized spacial score (nSPS) is 13.0. The van der Waals surface area contributed by atoms with Gasteiger partial charge in [-0.1, -0.05) is 72.8 Å². The van der Waals surface area contributed by atoms with Crippen LogP contribution in [0.5, 0.6) is 0 Å². The zero-order valence-corrected chi connectivity index (χ0v) is 30.3. The number of ether oxygens (including phenoxy) is 1. The molecule has 0 aliphatic rings. The van der Waals surface area contributed by atoms with Crippen LogP contribution in [0, 0.1) is 5.82 Å². The average molecular weight is 738 g/mol. The van der Waals surface area contributed by atoms with E-state index in [-0.39, 0.29) is 19.4 Å². The first-order valence-corrected chi connectivity index (χ1v) is 17.6. The predicted molar refractivity (Wildman–Crippen MR) is 202 cm³/mol. The number of aromatic nitrogens is 1. The SMILES string of the molecule is CC(C)(C)OC(=O)N[C@@H](Cc1c[nH]c2ccccc12)C(=O)N[C@H](Cc1ccc2ccccc2c1)C(=O)N[C@H](CC(=O)O)C(=O)NCCc1ccc(F)cc1. The number of rotatable bonds is 15. The highest BCUT2D eigenvalue weighted by atomic mass is 19.1. The van der Waals surface area contributed by atoms with Gasteiger partial charge >= 0.3 is 12.1 Å². The lowest BCUT2D eigenvalue weighted by Gasteiger charge is -2.26. The van der Waals surface area contributed by atoms with Gasteiger partial charge in [-0.05, 0) is 72.9 Å². The van der Waals surface area contributed by atoms with Gasteiger partial charge in [-0.15, -0.1) is 0 Å². The van der Waals surface area contributed by atoms with Crippen molar-refractivity contribution in [2.75, 3.05) is 6.54 Å². The Morgan fingerprint density at radius 1 is 0.741 bits per heavy atom. The molecule has 4 aromatic carbocycles. The molecule has 1 heterocycles. The number of carbonyl (C=O) groups excluding carboxylic acids is 4. The van der Waals surface area contributed by atoms with Gasteiger partial charge in [0.2, 0.25) is 17.7 Å². The lowest BCUT2D eigenvalue weighted by Crippen LogP contribution is -2.58. The zero-order valence-electron chi connectivity index (χ0n) is 30.3. The van der Waals surface area contributed by atoms with Crippen LogP contribution in [0.15, 0.2) is 97.2 Å². The van der Waals surface area contributed by atoms with Crippen molar-refractivity contribution in [2.45, 2.75) is 70.2 Å². The number of alkyl carbamates (subject to hydrolysis) is 1. The molecule has 3 atom stereocenters. The van der Waals surface area contributed by atoms with Crippen molar-refractivity contribution in [3.63, 3.8) is 0 Å². The van der Waals surface area contributed by atoms with E-state index in [9.17, 15) is 33.5 Å². The summed E-state index contributed by atoms with van der Waals surface area (Å²) in [5.41, 5.74) is 2.13. The van der Waals surface area contributed by atoms with E-state index in [4.69, 9.17) is 4.74 Å². The molecule has 0 fully saturated rings. The average Bonchev–Trinajstić information content (AvgIpc) is 3.53. The molecule has 0 radical (unpaired) electrons. The van der Waals surface area contributed by atoms with Gasteiger partial charge in [0.05, 0.1) is 6.42 Å². The minimum Gasteiger partial charge on any atom is -0.481 e. The van der Waals surface area contributed by atoms with Crippen LogP contribution in [0.4, 0.5) is 9.18 Å². The van der Waals surface area contributed by atoms with Crippen molar-refractivity contribution < 1.29 is 38.2 Å². The standard InChI is InChI=1S/C41H44FN5O7/c1-41(2,3)54-40(53)47-34(22-29-24-44-32-11-7-6-10-31(29)32)39(52)45-33(21-26-12-15-27-8-4-5-9-28(27)20-26)38(51)46-35(23-36(48)49)37(50)43-19-18-25-13-16-30(42)17-14-25/h4-17,20,24,33-35,44H,18-19,21-23H2,1-3H3,(H,43,50)(H,45,52)(H,46,51)(H,47,53)(H,48,49)/t33-,34+,35-/m1/s1. The first-order valence-electron chi connectivity index (χ1n) is 17.6. The monoisotopic (exact) mass is 737 g/mol. The number of halogens is 1. The number of H-pyrrole nitrogens is 1. The summed E-state index contributed by atoms with van der Waals surface area (Å²) >= 11 is 0. The lowest BCUT2D eigenvalue weighted by molar-refractivity contribution is -0.141. The van der Waals surface area contributed by atoms with Crippen LogP contribution in [0.3, 0.4) is 0 Å². The fourth-order valence-electron chi connectivity index (χ4n) is 6.02. The number of benzene rings is 4. The second-order valence-corrected chi connectivity index (χ2v) is 14.0. The summed E-state index contributed by atoms with van der Waals surface area (Å²) in [6.45, 7) is 5.17. The highest BCUT2D eigenvalue weighted by Crippen LogP contribution is 2.21. The second-order valence-electron chi connectivity index (χ2n) is 14.0. The number of carboxylic acids is 1. The Kier molecular flexibility index (Phi) is 12.6. The van der Waals surface area contributed by atoms with Gasteiger partial charge < -0.3 is 36.1 Å². The zero-order chi connectivity index (χ0) is 38.8. The maximum atomic E-state index is 14.2. The topological polar surface area (TPSA) is 179 Å². The Morgan fingerprint density at radius 2 is 1.37 bits per heavy atom. The third-order valence-corrected chi connectivity index (χ3v) is 8.63. The highest BCUT2D eigenvalue weighted by molar-refractivity contribution is 5.96. The van der Waals surface area contributed by atoms with Crippen molar-refractivity contribution in [2.24, 2.45) is 0 Å². The number of amides is 4. The van der Waals surface area contributed by atoms with Gasteiger partial charge in [0.25, 0.3) is 0 Å². The second kappa shape index (κ2) is 17.5. The first kappa shape index (κ1) is 39.0. The fraction of sp³-hybridized carbons (Fsp3) is 0.293. The molecule has 0 bridgehead atoms. The summed E-state index contributed by atoms with van der Waals surface area (Å²) in [5.74, 6) is -3.98. The maximum Gasteiger partial charge on any atom is 0.408 e. The fourth-order valence-corrected chi connectivity index (χ4v) is 6.02. The summed E-state index contributed by atoms with van der Waals surface area (Å²) in [6, 6.07) is 22.4. The largest absolute Gasteiger partial charge is 0.481 e. The van der Waals surface area contributed by atoms with Crippen LogP contribution in [0.1, 0.15) is 43.9 Å². The number of para-hydroxylation sites is 1. The van der Waals surface area contributed by atoms with E-state index in [1.807, 2.05) is 66.7 Å². The van der Waals surface area contributed by atoms with Crippen molar-refractivity contribution in [3.8, 4) is 0 Å². The molecule has 0 saturated heterocycles. The molecule has 282 valence electrons. The Balaban J connectivity index is 1.39. The summed E-state index contributed by atoms with van der Waals surface area (Å²) in [6.07, 6.45) is 0.526. The van der Waals surface area contributed by atoms with Gasteiger partial charge in [0.15, 0.2) is 0 Å². The van der Waals surface area contributed by atoms with Crippen LogP contribution >= 0.6 is 0 Å². The Bertz CT molecular complexity index is 2130. The quantitative estimate of drug-likeness (QED) is 0.0881. The molecule has 0 unspecified atom stereocenters. The van der Waals surface area contributed by atoms with Crippen LogP contribution < -0.4 is 21.3 Å². The molecule has 0 spiro atoms. The van der Waals surface area contributed by atoms with Crippen LogP contribution in [-0.2, 0) is 43.2 Å². The number of aromatic amines is 1. The van der Waals surface area contributed by atoms with Crippen LogP contribution in [0.2, 0.25) is 0 Å². The van der Waals surface area contributed by atoms with E-state index in [2.05, 4.69) is 26.3 Å². The van der Waals surface area contributed by atoms with Gasteiger partial charge in [-0.3, -0.25) is 19.2 Å². The molecule has 12 nitrogen and oxygen atoms in total. The number of aliphatic carboxylic acids is 1. The molecule has 0 aliphatic carbocycles. The summed E-state index contributed by atoms with van der Waals surface area (Å²) in [5, 5.41) is 22.9.